The van der Waals surface area contributed by atoms with Crippen LogP contribution in [0.3, 0.4) is 0 Å². The van der Waals surface area contributed by atoms with E-state index in [1.165, 1.54) is 0 Å². The van der Waals surface area contributed by atoms with Gasteiger partial charge in [-0.05, 0) is 67.9 Å². The first-order valence-corrected chi connectivity index (χ1v) is 14.8. The fraction of sp³-hybridized carbons (Fsp3) is 0.483. The molecular weight excluding hydrogens is 516 g/mol. The number of benzene rings is 2. The molecule has 0 unspecified atom stereocenters. The predicted molar refractivity (Wildman–Crippen MR) is 147 cm³/mol. The predicted octanol–water partition coefficient (Wildman–Crippen LogP) is 4.75. The molecule has 3 aromatic rings. The van der Waals surface area contributed by atoms with Crippen LogP contribution in [0, 0.1) is 18.3 Å². The molecule has 39 heavy (non-hydrogen) atoms. The molecule has 0 saturated heterocycles. The molecule has 210 valence electrons. The summed E-state index contributed by atoms with van der Waals surface area (Å²) in [5.74, 6) is -0.847. The molecule has 0 spiro atoms. The number of carboxylic acid groups (broad SMARTS) is 1. The molecule has 1 aliphatic rings. The lowest BCUT2D eigenvalue weighted by Gasteiger charge is -2.31. The van der Waals surface area contributed by atoms with Crippen molar-refractivity contribution >= 4 is 16.0 Å². The molecule has 9 nitrogen and oxygen atoms in total. The summed E-state index contributed by atoms with van der Waals surface area (Å²) in [6, 6.07) is 12.8. The van der Waals surface area contributed by atoms with E-state index in [1.54, 1.807) is 41.2 Å². The van der Waals surface area contributed by atoms with Crippen LogP contribution < -0.4 is 0 Å². The summed E-state index contributed by atoms with van der Waals surface area (Å²) in [6.07, 6.45) is 2.61. The highest BCUT2D eigenvalue weighted by molar-refractivity contribution is 7.89. The van der Waals surface area contributed by atoms with E-state index in [0.29, 0.717) is 29.1 Å². The number of hydrogen-bond donors (Lipinski definition) is 1. The minimum atomic E-state index is -3.70. The summed E-state index contributed by atoms with van der Waals surface area (Å²) in [7, 11) is -3.70. The molecule has 1 N–H and O–H groups in total. The Kier molecular flexibility index (Phi) is 8.58. The van der Waals surface area contributed by atoms with Crippen molar-refractivity contribution in [2.75, 3.05) is 6.54 Å². The quantitative estimate of drug-likeness (QED) is 0.385. The van der Waals surface area contributed by atoms with E-state index in [4.69, 9.17) is 4.74 Å². The summed E-state index contributed by atoms with van der Waals surface area (Å²) < 4.78 is 36.8. The molecule has 1 aliphatic heterocycles. The molecular formula is C29H38N4O5S. The largest absolute Gasteiger partial charge is 0.481 e. The molecule has 10 heteroatoms. The van der Waals surface area contributed by atoms with E-state index in [-0.39, 0.29) is 19.1 Å². The highest BCUT2D eigenvalue weighted by atomic mass is 32.2. The lowest BCUT2D eigenvalue weighted by atomic mass is 9.81. The molecule has 0 amide bonds. The third kappa shape index (κ3) is 6.23. The smallest absolute Gasteiger partial charge is 0.312 e. The number of aromatic nitrogens is 3. The van der Waals surface area contributed by atoms with Gasteiger partial charge >= 0.3 is 5.97 Å². The van der Waals surface area contributed by atoms with Crippen LogP contribution in [0.1, 0.15) is 68.2 Å². The Labute approximate surface area is 230 Å². The highest BCUT2D eigenvalue weighted by Gasteiger charge is 2.40. The van der Waals surface area contributed by atoms with Gasteiger partial charge in [0.15, 0.2) is 0 Å². The van der Waals surface area contributed by atoms with Gasteiger partial charge < -0.3 is 9.84 Å². The SMILES string of the molecule is CCCn1cc(CO[C@H](c2ccc(C)c(CN3C[C@@H](C)Cc4ccccc4S3(=O)=O)c2)C(C)(C)C(=O)O)nn1. The van der Waals surface area contributed by atoms with Crippen molar-refractivity contribution < 1.29 is 23.1 Å². The lowest BCUT2D eigenvalue weighted by Crippen LogP contribution is -2.34. The second-order valence-corrected chi connectivity index (χ2v) is 13.0. The fourth-order valence-electron chi connectivity index (χ4n) is 5.06. The Bertz CT molecular complexity index is 1430. The second-order valence-electron chi connectivity index (χ2n) is 11.1. The van der Waals surface area contributed by atoms with Gasteiger partial charge in [0.25, 0.3) is 0 Å². The molecule has 1 aromatic heterocycles. The van der Waals surface area contributed by atoms with Gasteiger partial charge in [-0.3, -0.25) is 9.48 Å². The molecule has 0 aliphatic carbocycles. The number of ether oxygens (including phenoxy) is 1. The molecule has 0 radical (unpaired) electrons. The van der Waals surface area contributed by atoms with Crippen molar-refractivity contribution in [1.29, 1.82) is 0 Å². The van der Waals surface area contributed by atoms with Gasteiger partial charge in [-0.15, -0.1) is 5.10 Å². The Balaban J connectivity index is 1.65. The van der Waals surface area contributed by atoms with Gasteiger partial charge in [-0.1, -0.05) is 55.5 Å². The van der Waals surface area contributed by atoms with Gasteiger partial charge in [0.1, 0.15) is 5.69 Å². The number of nitrogens with zero attached hydrogens (tertiary/aromatic N) is 4. The zero-order valence-electron chi connectivity index (χ0n) is 23.3. The Morgan fingerprint density at radius 1 is 1.23 bits per heavy atom. The van der Waals surface area contributed by atoms with Crippen molar-refractivity contribution in [2.24, 2.45) is 11.3 Å². The van der Waals surface area contributed by atoms with Gasteiger partial charge in [-0.2, -0.15) is 4.31 Å². The van der Waals surface area contributed by atoms with E-state index in [0.717, 1.165) is 29.7 Å². The van der Waals surface area contributed by atoms with Crippen LogP contribution >= 0.6 is 0 Å². The normalized spacial score (nSPS) is 18.3. The van der Waals surface area contributed by atoms with Crippen molar-refractivity contribution in [3.63, 3.8) is 0 Å². The van der Waals surface area contributed by atoms with E-state index in [1.807, 2.05) is 37.3 Å². The number of carboxylic acids is 1. The van der Waals surface area contributed by atoms with E-state index >= 15 is 0 Å². The number of sulfonamides is 1. The monoisotopic (exact) mass is 554 g/mol. The van der Waals surface area contributed by atoms with Gasteiger partial charge in [-0.25, -0.2) is 8.42 Å². The topological polar surface area (TPSA) is 115 Å². The van der Waals surface area contributed by atoms with Crippen molar-refractivity contribution in [2.45, 2.75) is 78.2 Å². The molecule has 0 bridgehead atoms. The average Bonchev–Trinajstić information content (AvgIpc) is 3.29. The number of hydrogen-bond acceptors (Lipinski definition) is 6. The van der Waals surface area contributed by atoms with Crippen LogP contribution in [-0.4, -0.2) is 45.3 Å². The van der Waals surface area contributed by atoms with Gasteiger partial charge in [0.2, 0.25) is 10.0 Å². The number of rotatable bonds is 10. The Morgan fingerprint density at radius 3 is 2.69 bits per heavy atom. The summed E-state index contributed by atoms with van der Waals surface area (Å²) in [4.78, 5) is 12.6. The van der Waals surface area contributed by atoms with Gasteiger partial charge in [0, 0.05) is 19.6 Å². The zero-order valence-corrected chi connectivity index (χ0v) is 24.1. The Hall–Kier alpha value is -3.08. The number of carbonyl (C=O) groups is 1. The molecule has 2 atom stereocenters. The van der Waals surface area contributed by atoms with E-state index in [2.05, 4.69) is 24.2 Å². The van der Waals surface area contributed by atoms with Crippen LogP contribution in [0.25, 0.3) is 0 Å². The first-order chi connectivity index (χ1) is 18.4. The molecule has 0 fully saturated rings. The standard InChI is InChI=1S/C29H38N4O5S/c1-6-13-32-18-25(30-31-32)19-38-27(29(4,5)28(34)35)23-12-11-21(3)24(15-23)17-33-16-20(2)14-22-9-7-8-10-26(22)39(33,36)37/h7-12,15,18,20,27H,6,13-14,16-17,19H2,1-5H3,(H,34,35)/t20-,27+/m0/s1. The zero-order chi connectivity index (χ0) is 28.4. The maximum absolute atomic E-state index is 13.7. The highest BCUT2D eigenvalue weighted by Crippen LogP contribution is 2.39. The maximum atomic E-state index is 13.7. The average molecular weight is 555 g/mol. The van der Waals surface area contributed by atoms with Crippen LogP contribution in [0.5, 0.6) is 0 Å². The number of aryl methyl sites for hydroxylation is 2. The second kappa shape index (κ2) is 11.6. The van der Waals surface area contributed by atoms with Crippen LogP contribution in [0.15, 0.2) is 53.6 Å². The molecule has 2 heterocycles. The van der Waals surface area contributed by atoms with Crippen LogP contribution in [0.2, 0.25) is 0 Å². The lowest BCUT2D eigenvalue weighted by molar-refractivity contribution is -0.158. The third-order valence-electron chi connectivity index (χ3n) is 7.34. The van der Waals surface area contributed by atoms with Crippen molar-refractivity contribution in [3.8, 4) is 0 Å². The maximum Gasteiger partial charge on any atom is 0.312 e. The first-order valence-electron chi connectivity index (χ1n) is 13.3. The summed E-state index contributed by atoms with van der Waals surface area (Å²) in [5, 5.41) is 18.3. The first kappa shape index (κ1) is 28.9. The van der Waals surface area contributed by atoms with Crippen LogP contribution in [-0.2, 0) is 45.7 Å². The number of aliphatic carboxylic acids is 1. The molecule has 4 rings (SSSR count). The molecule has 0 saturated carbocycles. The summed E-state index contributed by atoms with van der Waals surface area (Å²) in [6.45, 7) is 10.7. The Morgan fingerprint density at radius 2 is 1.97 bits per heavy atom. The van der Waals surface area contributed by atoms with E-state index < -0.39 is 27.5 Å². The minimum Gasteiger partial charge on any atom is -0.481 e. The summed E-state index contributed by atoms with van der Waals surface area (Å²) in [5.41, 5.74) is 2.61. The van der Waals surface area contributed by atoms with Crippen molar-refractivity contribution in [3.05, 3.63) is 76.6 Å². The fourth-order valence-corrected chi connectivity index (χ4v) is 6.83. The van der Waals surface area contributed by atoms with Gasteiger partial charge in [0.05, 0.1) is 29.2 Å². The third-order valence-corrected chi connectivity index (χ3v) is 9.25. The van der Waals surface area contributed by atoms with Crippen molar-refractivity contribution in [1.82, 2.24) is 19.3 Å². The molecule has 2 aromatic carbocycles. The number of fused-ring (bicyclic) bond motifs is 1. The minimum absolute atomic E-state index is 0.100. The van der Waals surface area contributed by atoms with Crippen LogP contribution in [0.4, 0.5) is 0 Å². The summed E-state index contributed by atoms with van der Waals surface area (Å²) >= 11 is 0. The van der Waals surface area contributed by atoms with E-state index in [9.17, 15) is 18.3 Å².